The molecular weight excluding hydrogens is 308 g/mol. The zero-order valence-electron chi connectivity index (χ0n) is 13.8. The van der Waals surface area contributed by atoms with Crippen LogP contribution >= 0.6 is 11.6 Å². The minimum absolute atomic E-state index is 0.0316. The van der Waals surface area contributed by atoms with Crippen LogP contribution < -0.4 is 10.2 Å². The summed E-state index contributed by atoms with van der Waals surface area (Å²) in [6.07, 6.45) is 0.414. The normalized spacial score (nSPS) is 10.7. The molecule has 1 N–H and O–H groups in total. The molecule has 0 spiro atoms. The number of hydrogen-bond donors (Lipinski definition) is 1. The van der Waals surface area contributed by atoms with Crippen molar-refractivity contribution in [3.05, 3.63) is 59.1 Å². The summed E-state index contributed by atoms with van der Waals surface area (Å²) >= 11 is 6.07. The molecule has 0 aromatic heterocycles. The van der Waals surface area contributed by atoms with Gasteiger partial charge < -0.3 is 10.2 Å². The molecular formula is C19H23ClN2O. The molecule has 2 rings (SSSR count). The lowest BCUT2D eigenvalue weighted by Crippen LogP contribution is -2.33. The fourth-order valence-electron chi connectivity index (χ4n) is 2.42. The second-order valence-corrected chi connectivity index (χ2v) is 6.31. The second kappa shape index (κ2) is 8.02. The largest absolute Gasteiger partial charge is 0.369 e. The third kappa shape index (κ3) is 5.00. The first kappa shape index (κ1) is 17.4. The molecule has 2 aromatic rings. The molecule has 2 aromatic carbocycles. The van der Waals surface area contributed by atoms with Gasteiger partial charge in [0.15, 0.2) is 0 Å². The Hall–Kier alpha value is -2.00. The number of nitrogens with one attached hydrogen (secondary N) is 1. The van der Waals surface area contributed by atoms with Crippen LogP contribution in [0.5, 0.6) is 0 Å². The number of aryl methyl sites for hydroxylation is 1. The number of nitrogens with zero attached hydrogens (tertiary/aromatic N) is 1. The van der Waals surface area contributed by atoms with Crippen molar-refractivity contribution in [3.8, 4) is 0 Å². The Balaban J connectivity index is 1.97. The molecule has 0 aliphatic heterocycles. The number of carbonyl (C=O) groups excluding carboxylic acids is 1. The summed E-state index contributed by atoms with van der Waals surface area (Å²) in [6, 6.07) is 16.0. The average molecular weight is 331 g/mol. The van der Waals surface area contributed by atoms with Crippen LogP contribution in [-0.4, -0.2) is 18.5 Å². The van der Waals surface area contributed by atoms with Crippen molar-refractivity contribution in [3.63, 3.8) is 0 Å². The summed E-state index contributed by atoms with van der Waals surface area (Å²) in [7, 11) is 0. The summed E-state index contributed by atoms with van der Waals surface area (Å²) < 4.78 is 0. The van der Waals surface area contributed by atoms with Gasteiger partial charge in [0.05, 0.1) is 10.7 Å². The van der Waals surface area contributed by atoms with Crippen molar-refractivity contribution in [2.45, 2.75) is 33.2 Å². The fourth-order valence-corrected chi connectivity index (χ4v) is 2.60. The molecule has 0 unspecified atom stereocenters. The van der Waals surface area contributed by atoms with E-state index in [-0.39, 0.29) is 5.91 Å². The summed E-state index contributed by atoms with van der Waals surface area (Å²) in [5.74, 6) is -0.0316. The highest BCUT2D eigenvalue weighted by atomic mass is 35.5. The van der Waals surface area contributed by atoms with E-state index in [4.69, 9.17) is 11.6 Å². The van der Waals surface area contributed by atoms with Gasteiger partial charge in [-0.05, 0) is 45.0 Å². The van der Waals surface area contributed by atoms with Gasteiger partial charge in [0.25, 0.3) is 0 Å². The monoisotopic (exact) mass is 330 g/mol. The first-order valence-electron chi connectivity index (χ1n) is 7.85. The van der Waals surface area contributed by atoms with Gasteiger partial charge >= 0.3 is 0 Å². The Kier molecular flexibility index (Phi) is 6.05. The van der Waals surface area contributed by atoms with Gasteiger partial charge in [0, 0.05) is 24.7 Å². The standard InChI is InChI=1S/C19H23ClN2O/c1-14(2)22(16-10-8-15(3)9-11-16)13-12-19(23)21-18-7-5-4-6-17(18)20/h4-11,14H,12-13H2,1-3H3,(H,21,23). The lowest BCUT2D eigenvalue weighted by atomic mass is 10.1. The van der Waals surface area contributed by atoms with E-state index in [1.165, 1.54) is 5.56 Å². The molecule has 0 atom stereocenters. The van der Waals surface area contributed by atoms with Crippen LogP contribution in [0.4, 0.5) is 11.4 Å². The van der Waals surface area contributed by atoms with E-state index < -0.39 is 0 Å². The van der Waals surface area contributed by atoms with Crippen molar-refractivity contribution < 1.29 is 4.79 Å². The second-order valence-electron chi connectivity index (χ2n) is 5.90. The third-order valence-corrected chi connectivity index (χ3v) is 4.05. The van der Waals surface area contributed by atoms with Crippen LogP contribution in [0.1, 0.15) is 25.8 Å². The van der Waals surface area contributed by atoms with Crippen LogP contribution in [0.2, 0.25) is 5.02 Å². The quantitative estimate of drug-likeness (QED) is 0.817. The molecule has 0 aliphatic carbocycles. The van der Waals surface area contributed by atoms with E-state index in [2.05, 4.69) is 55.3 Å². The van der Waals surface area contributed by atoms with Crippen LogP contribution in [0.15, 0.2) is 48.5 Å². The third-order valence-electron chi connectivity index (χ3n) is 3.72. The van der Waals surface area contributed by atoms with Crippen LogP contribution in [0.25, 0.3) is 0 Å². The number of amides is 1. The number of hydrogen-bond acceptors (Lipinski definition) is 2. The van der Waals surface area contributed by atoms with E-state index in [1.807, 2.05) is 12.1 Å². The smallest absolute Gasteiger partial charge is 0.226 e. The van der Waals surface area contributed by atoms with Crippen molar-refractivity contribution in [1.82, 2.24) is 0 Å². The maximum Gasteiger partial charge on any atom is 0.226 e. The maximum absolute atomic E-state index is 12.2. The van der Waals surface area contributed by atoms with Crippen LogP contribution in [0.3, 0.4) is 0 Å². The Morgan fingerprint density at radius 3 is 2.39 bits per heavy atom. The minimum Gasteiger partial charge on any atom is -0.369 e. The number of anilines is 2. The summed E-state index contributed by atoms with van der Waals surface area (Å²) in [6.45, 7) is 7.00. The molecule has 0 aliphatic rings. The number of carbonyl (C=O) groups is 1. The molecule has 0 radical (unpaired) electrons. The van der Waals surface area contributed by atoms with E-state index in [0.29, 0.717) is 29.7 Å². The van der Waals surface area contributed by atoms with Gasteiger partial charge in [0.2, 0.25) is 5.91 Å². The Labute approximate surface area is 143 Å². The van der Waals surface area contributed by atoms with Gasteiger partial charge in [-0.1, -0.05) is 41.4 Å². The van der Waals surface area contributed by atoms with Gasteiger partial charge in [0.1, 0.15) is 0 Å². The van der Waals surface area contributed by atoms with Crippen molar-refractivity contribution >= 4 is 28.9 Å². The molecule has 3 nitrogen and oxygen atoms in total. The highest BCUT2D eigenvalue weighted by molar-refractivity contribution is 6.33. The Morgan fingerprint density at radius 2 is 1.78 bits per heavy atom. The summed E-state index contributed by atoms with van der Waals surface area (Å²) in [5, 5.41) is 3.42. The highest BCUT2D eigenvalue weighted by Gasteiger charge is 2.13. The molecule has 1 amide bonds. The number of benzene rings is 2. The first-order chi connectivity index (χ1) is 11.0. The first-order valence-corrected chi connectivity index (χ1v) is 8.23. The molecule has 122 valence electrons. The van der Waals surface area contributed by atoms with Crippen LogP contribution in [0, 0.1) is 6.92 Å². The van der Waals surface area contributed by atoms with Crippen molar-refractivity contribution in [1.29, 1.82) is 0 Å². The average Bonchev–Trinajstić information content (AvgIpc) is 2.51. The summed E-state index contributed by atoms with van der Waals surface area (Å²) in [4.78, 5) is 14.4. The maximum atomic E-state index is 12.2. The van der Waals surface area contributed by atoms with Crippen molar-refractivity contribution in [2.75, 3.05) is 16.8 Å². The lowest BCUT2D eigenvalue weighted by Gasteiger charge is -2.29. The molecule has 0 fully saturated rings. The van der Waals surface area contributed by atoms with Gasteiger partial charge in [-0.3, -0.25) is 4.79 Å². The van der Waals surface area contributed by atoms with Crippen molar-refractivity contribution in [2.24, 2.45) is 0 Å². The van der Waals surface area contributed by atoms with E-state index in [0.717, 1.165) is 5.69 Å². The topological polar surface area (TPSA) is 32.3 Å². The summed E-state index contributed by atoms with van der Waals surface area (Å²) in [5.41, 5.74) is 3.02. The molecule has 0 bridgehead atoms. The SMILES string of the molecule is Cc1ccc(N(CCC(=O)Nc2ccccc2Cl)C(C)C)cc1. The predicted octanol–water partition coefficient (Wildman–Crippen LogP) is 4.89. The van der Waals surface area contributed by atoms with E-state index in [1.54, 1.807) is 12.1 Å². The highest BCUT2D eigenvalue weighted by Crippen LogP contribution is 2.21. The Morgan fingerprint density at radius 1 is 1.13 bits per heavy atom. The lowest BCUT2D eigenvalue weighted by molar-refractivity contribution is -0.116. The fraction of sp³-hybridized carbons (Fsp3) is 0.316. The number of halogens is 1. The molecule has 0 saturated heterocycles. The molecule has 23 heavy (non-hydrogen) atoms. The van der Waals surface area contributed by atoms with Gasteiger partial charge in [-0.15, -0.1) is 0 Å². The van der Waals surface area contributed by atoms with E-state index >= 15 is 0 Å². The zero-order chi connectivity index (χ0) is 16.8. The molecule has 0 saturated carbocycles. The number of rotatable bonds is 6. The van der Waals surface area contributed by atoms with Gasteiger partial charge in [-0.2, -0.15) is 0 Å². The zero-order valence-corrected chi connectivity index (χ0v) is 14.6. The minimum atomic E-state index is -0.0316. The van der Waals surface area contributed by atoms with E-state index in [9.17, 15) is 4.79 Å². The predicted molar refractivity (Wildman–Crippen MR) is 98.4 cm³/mol. The molecule has 0 heterocycles. The number of para-hydroxylation sites is 1. The Bertz CT molecular complexity index is 653. The van der Waals surface area contributed by atoms with Gasteiger partial charge in [-0.25, -0.2) is 0 Å². The van der Waals surface area contributed by atoms with Crippen LogP contribution in [-0.2, 0) is 4.79 Å². The molecule has 4 heteroatoms.